The average molecular weight is 478 g/mol. The topological polar surface area (TPSA) is 129 Å². The summed E-state index contributed by atoms with van der Waals surface area (Å²) >= 11 is 0. The Kier molecular flexibility index (Phi) is 6.67. The Hall–Kier alpha value is -4.80. The summed E-state index contributed by atoms with van der Waals surface area (Å²) in [4.78, 5) is 38.7. The van der Waals surface area contributed by atoms with E-state index >= 15 is 0 Å². The fraction of sp³-hybridized carbons (Fsp3) is 0.125. The van der Waals surface area contributed by atoms with E-state index in [1.807, 2.05) is 0 Å². The van der Waals surface area contributed by atoms with Gasteiger partial charge in [-0.05, 0) is 42.8 Å². The van der Waals surface area contributed by atoms with Gasteiger partial charge in [0.1, 0.15) is 12.4 Å². The number of halogens is 1. The zero-order valence-corrected chi connectivity index (χ0v) is 18.4. The molecule has 0 atom stereocenters. The van der Waals surface area contributed by atoms with Gasteiger partial charge >= 0.3 is 11.4 Å². The van der Waals surface area contributed by atoms with Crippen LogP contribution in [0.3, 0.4) is 0 Å². The van der Waals surface area contributed by atoms with Gasteiger partial charge in [-0.1, -0.05) is 24.3 Å². The third-order valence-corrected chi connectivity index (χ3v) is 4.93. The molecule has 0 saturated heterocycles. The summed E-state index contributed by atoms with van der Waals surface area (Å²) < 4.78 is 25.3. The SMILES string of the molecule is CCOc1cc(C=Nn2c(=O)[nH]c3ccccc3c2=O)cc([N+](=O)[O-])c1OCc1cccc(F)c1. The molecule has 4 rings (SSSR count). The fourth-order valence-corrected chi connectivity index (χ4v) is 3.39. The molecule has 35 heavy (non-hydrogen) atoms. The standard InChI is InChI=1S/C24H19FN4O6/c1-2-34-21-12-16(13-26-28-23(30)18-8-3-4-9-19(18)27-24(28)31)11-20(29(32)33)22(21)35-14-15-6-5-7-17(25)10-15/h3-13H,2,14H2,1H3,(H,27,31). The van der Waals surface area contributed by atoms with Crippen molar-refractivity contribution in [3.05, 3.63) is 109 Å². The van der Waals surface area contributed by atoms with E-state index in [4.69, 9.17) is 9.47 Å². The normalized spacial score (nSPS) is 11.1. The number of nitro groups is 1. The molecule has 1 heterocycles. The number of nitrogens with zero attached hydrogens (tertiary/aromatic N) is 3. The number of ether oxygens (including phenoxy) is 2. The van der Waals surface area contributed by atoms with Crippen LogP contribution in [0.5, 0.6) is 11.5 Å². The molecule has 178 valence electrons. The number of aromatic nitrogens is 2. The second kappa shape index (κ2) is 10.00. The first-order valence-corrected chi connectivity index (χ1v) is 10.5. The lowest BCUT2D eigenvalue weighted by molar-refractivity contribution is -0.386. The lowest BCUT2D eigenvalue weighted by atomic mass is 10.1. The Labute approximate surface area is 197 Å². The first-order valence-electron chi connectivity index (χ1n) is 10.5. The molecule has 0 aliphatic heterocycles. The van der Waals surface area contributed by atoms with Crippen LogP contribution in [-0.4, -0.2) is 27.4 Å². The van der Waals surface area contributed by atoms with Gasteiger partial charge in [-0.3, -0.25) is 14.9 Å². The number of benzene rings is 3. The van der Waals surface area contributed by atoms with Gasteiger partial charge in [-0.2, -0.15) is 5.10 Å². The first kappa shape index (κ1) is 23.4. The van der Waals surface area contributed by atoms with Crippen molar-refractivity contribution in [2.45, 2.75) is 13.5 Å². The maximum absolute atomic E-state index is 13.5. The number of nitro benzene ring substituents is 1. The van der Waals surface area contributed by atoms with Gasteiger partial charge in [-0.15, -0.1) is 4.68 Å². The van der Waals surface area contributed by atoms with Crippen LogP contribution in [0.4, 0.5) is 10.1 Å². The number of rotatable bonds is 8. The van der Waals surface area contributed by atoms with Crippen LogP contribution >= 0.6 is 0 Å². The molecular weight excluding hydrogens is 459 g/mol. The highest BCUT2D eigenvalue weighted by Gasteiger charge is 2.23. The summed E-state index contributed by atoms with van der Waals surface area (Å²) in [5.74, 6) is -0.547. The van der Waals surface area contributed by atoms with Crippen molar-refractivity contribution < 1.29 is 18.8 Å². The summed E-state index contributed by atoms with van der Waals surface area (Å²) in [5, 5.41) is 16.0. The molecule has 10 nitrogen and oxygen atoms in total. The molecule has 0 radical (unpaired) electrons. The molecule has 0 unspecified atom stereocenters. The second-order valence-electron chi connectivity index (χ2n) is 7.31. The summed E-state index contributed by atoms with van der Waals surface area (Å²) in [6, 6.07) is 14.7. The third-order valence-electron chi connectivity index (χ3n) is 4.93. The van der Waals surface area contributed by atoms with Crippen molar-refractivity contribution >= 4 is 22.8 Å². The minimum atomic E-state index is -0.764. The molecule has 0 bridgehead atoms. The summed E-state index contributed by atoms with van der Waals surface area (Å²) in [5.41, 5.74) is -0.800. The van der Waals surface area contributed by atoms with Crippen molar-refractivity contribution in [2.75, 3.05) is 6.61 Å². The van der Waals surface area contributed by atoms with E-state index < -0.39 is 27.7 Å². The Morgan fingerprint density at radius 2 is 1.91 bits per heavy atom. The van der Waals surface area contributed by atoms with Crippen LogP contribution in [0.15, 0.2) is 75.4 Å². The van der Waals surface area contributed by atoms with E-state index in [0.29, 0.717) is 15.8 Å². The molecule has 0 aliphatic carbocycles. The molecule has 4 aromatic rings. The predicted molar refractivity (Wildman–Crippen MR) is 127 cm³/mol. The maximum atomic E-state index is 13.5. The number of fused-ring (bicyclic) bond motifs is 1. The summed E-state index contributed by atoms with van der Waals surface area (Å²) in [7, 11) is 0. The number of hydrogen-bond donors (Lipinski definition) is 1. The number of hydrogen-bond acceptors (Lipinski definition) is 7. The van der Waals surface area contributed by atoms with Gasteiger partial charge in [0.15, 0.2) is 5.75 Å². The largest absolute Gasteiger partial charge is 0.490 e. The van der Waals surface area contributed by atoms with E-state index in [2.05, 4.69) is 10.1 Å². The van der Waals surface area contributed by atoms with Crippen LogP contribution in [0, 0.1) is 15.9 Å². The lowest BCUT2D eigenvalue weighted by Crippen LogP contribution is -2.32. The molecule has 11 heteroatoms. The summed E-state index contributed by atoms with van der Waals surface area (Å²) in [6.45, 7) is 1.74. The van der Waals surface area contributed by atoms with Crippen LogP contribution in [0.2, 0.25) is 0 Å². The van der Waals surface area contributed by atoms with Gasteiger partial charge in [0, 0.05) is 11.6 Å². The number of aromatic amines is 1. The van der Waals surface area contributed by atoms with Gasteiger partial charge in [0.05, 0.1) is 28.6 Å². The van der Waals surface area contributed by atoms with E-state index in [9.17, 15) is 24.1 Å². The number of H-pyrrole nitrogens is 1. The van der Waals surface area contributed by atoms with Crippen molar-refractivity contribution in [3.63, 3.8) is 0 Å². The minimum absolute atomic E-state index is 0.0549. The third kappa shape index (κ3) is 5.08. The minimum Gasteiger partial charge on any atom is -0.490 e. The monoisotopic (exact) mass is 478 g/mol. The van der Waals surface area contributed by atoms with Crippen LogP contribution in [-0.2, 0) is 6.61 Å². The van der Waals surface area contributed by atoms with Crippen molar-refractivity contribution in [2.24, 2.45) is 5.10 Å². The second-order valence-corrected chi connectivity index (χ2v) is 7.31. The quantitative estimate of drug-likeness (QED) is 0.234. The van der Waals surface area contributed by atoms with Crippen molar-refractivity contribution in [3.8, 4) is 11.5 Å². The van der Waals surface area contributed by atoms with Gasteiger partial charge < -0.3 is 14.5 Å². The van der Waals surface area contributed by atoms with Crippen LogP contribution < -0.4 is 20.7 Å². The van der Waals surface area contributed by atoms with E-state index in [-0.39, 0.29) is 35.7 Å². The van der Waals surface area contributed by atoms with E-state index in [1.165, 1.54) is 30.3 Å². The predicted octanol–water partition coefficient (Wildman–Crippen LogP) is 3.60. The molecule has 0 fully saturated rings. The molecule has 1 N–H and O–H groups in total. The van der Waals surface area contributed by atoms with Gasteiger partial charge in [0.2, 0.25) is 5.75 Å². The molecule has 1 aromatic heterocycles. The van der Waals surface area contributed by atoms with Gasteiger partial charge in [-0.25, -0.2) is 9.18 Å². The molecule has 0 aliphatic rings. The van der Waals surface area contributed by atoms with Crippen molar-refractivity contribution in [1.29, 1.82) is 0 Å². The fourth-order valence-electron chi connectivity index (χ4n) is 3.39. The Morgan fingerprint density at radius 3 is 2.66 bits per heavy atom. The molecular formula is C24H19FN4O6. The van der Waals surface area contributed by atoms with Crippen LogP contribution in [0.25, 0.3) is 10.9 Å². The number of para-hydroxylation sites is 1. The highest BCUT2D eigenvalue weighted by molar-refractivity contribution is 5.83. The van der Waals surface area contributed by atoms with Crippen LogP contribution in [0.1, 0.15) is 18.1 Å². The maximum Gasteiger partial charge on any atom is 0.349 e. The molecule has 0 amide bonds. The van der Waals surface area contributed by atoms with Crippen molar-refractivity contribution in [1.82, 2.24) is 9.66 Å². The van der Waals surface area contributed by atoms with E-state index in [0.717, 1.165) is 6.21 Å². The Balaban J connectivity index is 1.73. The first-order chi connectivity index (χ1) is 16.9. The lowest BCUT2D eigenvalue weighted by Gasteiger charge is -2.13. The van der Waals surface area contributed by atoms with E-state index in [1.54, 1.807) is 37.3 Å². The Morgan fingerprint density at radius 1 is 1.11 bits per heavy atom. The smallest absolute Gasteiger partial charge is 0.349 e. The molecule has 0 spiro atoms. The molecule has 3 aromatic carbocycles. The summed E-state index contributed by atoms with van der Waals surface area (Å²) in [6.07, 6.45) is 1.14. The number of nitrogens with one attached hydrogen (secondary N) is 1. The molecule has 0 saturated carbocycles. The zero-order valence-electron chi connectivity index (χ0n) is 18.4. The Bertz CT molecular complexity index is 1560. The van der Waals surface area contributed by atoms with Gasteiger partial charge in [0.25, 0.3) is 5.56 Å². The zero-order chi connectivity index (χ0) is 24.9. The average Bonchev–Trinajstić information content (AvgIpc) is 2.83. The highest BCUT2D eigenvalue weighted by Crippen LogP contribution is 2.38. The highest BCUT2D eigenvalue weighted by atomic mass is 19.1.